The van der Waals surface area contributed by atoms with Gasteiger partial charge in [0.05, 0.1) is 24.9 Å². The number of nitrogens with zero attached hydrogens (tertiary/aromatic N) is 2. The molecule has 8 heteroatoms. The molecule has 0 saturated heterocycles. The Morgan fingerprint density at radius 1 is 1.17 bits per heavy atom. The second-order valence-electron chi connectivity index (χ2n) is 6.27. The van der Waals surface area contributed by atoms with Crippen LogP contribution in [0.2, 0.25) is 0 Å². The fourth-order valence-corrected chi connectivity index (χ4v) is 2.86. The van der Waals surface area contributed by atoms with Crippen molar-refractivity contribution in [2.75, 3.05) is 13.7 Å². The van der Waals surface area contributed by atoms with E-state index in [1.54, 1.807) is 26.3 Å². The zero-order chi connectivity index (χ0) is 21.7. The molecule has 0 atom stereocenters. The third-order valence-corrected chi connectivity index (χ3v) is 4.29. The number of hydrogen-bond donors (Lipinski definition) is 1. The first kappa shape index (κ1) is 21.0. The van der Waals surface area contributed by atoms with Gasteiger partial charge < -0.3 is 10.1 Å². The number of benzene rings is 2. The Kier molecular flexibility index (Phi) is 6.11. The predicted molar refractivity (Wildman–Crippen MR) is 106 cm³/mol. The number of halogens is 3. The van der Waals surface area contributed by atoms with Crippen molar-refractivity contribution in [3.8, 4) is 28.8 Å². The van der Waals surface area contributed by atoms with Gasteiger partial charge in [0, 0.05) is 18.2 Å². The van der Waals surface area contributed by atoms with E-state index in [2.05, 4.69) is 22.3 Å². The quantitative estimate of drug-likeness (QED) is 0.661. The maximum absolute atomic E-state index is 13.0. The van der Waals surface area contributed by atoms with E-state index in [0.717, 1.165) is 11.6 Å². The van der Waals surface area contributed by atoms with Crippen LogP contribution in [-0.2, 0) is 13.2 Å². The van der Waals surface area contributed by atoms with Crippen molar-refractivity contribution in [3.05, 3.63) is 71.4 Å². The van der Waals surface area contributed by atoms with E-state index in [1.165, 1.54) is 22.9 Å². The molecule has 0 spiro atoms. The van der Waals surface area contributed by atoms with Gasteiger partial charge in [-0.2, -0.15) is 18.3 Å². The number of para-hydroxylation sites is 1. The highest BCUT2D eigenvalue weighted by molar-refractivity contribution is 5.94. The largest absolute Gasteiger partial charge is 0.496 e. The average molecular weight is 413 g/mol. The van der Waals surface area contributed by atoms with Crippen molar-refractivity contribution in [2.24, 2.45) is 7.05 Å². The van der Waals surface area contributed by atoms with Crippen molar-refractivity contribution in [1.29, 1.82) is 0 Å². The van der Waals surface area contributed by atoms with Crippen LogP contribution in [-0.4, -0.2) is 29.3 Å². The minimum absolute atomic E-state index is 0.111. The first-order valence-corrected chi connectivity index (χ1v) is 8.92. The second-order valence-corrected chi connectivity index (χ2v) is 6.27. The maximum Gasteiger partial charge on any atom is 0.417 e. The number of aryl methyl sites for hydroxylation is 1. The molecule has 0 saturated carbocycles. The van der Waals surface area contributed by atoms with Gasteiger partial charge in [0.1, 0.15) is 11.4 Å². The molecule has 154 valence electrons. The first-order chi connectivity index (χ1) is 14.3. The van der Waals surface area contributed by atoms with Crippen LogP contribution >= 0.6 is 0 Å². The topological polar surface area (TPSA) is 56.1 Å². The van der Waals surface area contributed by atoms with E-state index in [-0.39, 0.29) is 17.8 Å². The molecule has 0 aliphatic carbocycles. The summed E-state index contributed by atoms with van der Waals surface area (Å²) in [6.07, 6.45) is -4.49. The number of amides is 1. The highest BCUT2D eigenvalue weighted by Crippen LogP contribution is 2.31. The molecule has 1 amide bonds. The van der Waals surface area contributed by atoms with E-state index < -0.39 is 17.6 Å². The molecule has 0 radical (unpaired) electrons. The van der Waals surface area contributed by atoms with Gasteiger partial charge in [0.2, 0.25) is 0 Å². The Bertz CT molecular complexity index is 1120. The number of nitrogens with one attached hydrogen (secondary N) is 1. The number of aromatic nitrogens is 2. The van der Waals surface area contributed by atoms with Gasteiger partial charge in [-0.25, -0.2) is 0 Å². The van der Waals surface area contributed by atoms with Crippen molar-refractivity contribution in [3.63, 3.8) is 0 Å². The molecule has 0 aliphatic rings. The number of carbonyl (C=O) groups excluding carboxylic acids is 1. The molecule has 2 aromatic carbocycles. The molecule has 0 aliphatic heterocycles. The average Bonchev–Trinajstić information content (AvgIpc) is 3.12. The van der Waals surface area contributed by atoms with E-state index in [4.69, 9.17) is 4.74 Å². The second kappa shape index (κ2) is 8.74. The minimum Gasteiger partial charge on any atom is -0.496 e. The van der Waals surface area contributed by atoms with Crippen LogP contribution in [0, 0.1) is 11.8 Å². The number of hydrogen-bond acceptors (Lipinski definition) is 3. The molecule has 1 N–H and O–H groups in total. The zero-order valence-corrected chi connectivity index (χ0v) is 16.2. The Morgan fingerprint density at radius 2 is 1.87 bits per heavy atom. The summed E-state index contributed by atoms with van der Waals surface area (Å²) in [7, 11) is 3.17. The molecule has 0 unspecified atom stereocenters. The van der Waals surface area contributed by atoms with E-state index >= 15 is 0 Å². The van der Waals surface area contributed by atoms with Gasteiger partial charge >= 0.3 is 6.18 Å². The number of ether oxygens (including phenoxy) is 1. The fraction of sp³-hybridized carbons (Fsp3) is 0.182. The third-order valence-electron chi connectivity index (χ3n) is 4.29. The fourth-order valence-electron chi connectivity index (χ4n) is 2.86. The molecule has 30 heavy (non-hydrogen) atoms. The van der Waals surface area contributed by atoms with Crippen LogP contribution in [0.4, 0.5) is 13.2 Å². The van der Waals surface area contributed by atoms with Gasteiger partial charge in [0.15, 0.2) is 0 Å². The number of carbonyl (C=O) groups is 1. The lowest BCUT2D eigenvalue weighted by molar-refractivity contribution is -0.137. The van der Waals surface area contributed by atoms with Gasteiger partial charge in [-0.1, -0.05) is 36.1 Å². The van der Waals surface area contributed by atoms with Gasteiger partial charge in [-0.05, 0) is 30.3 Å². The molecular formula is C22H18F3N3O2. The third kappa shape index (κ3) is 4.63. The van der Waals surface area contributed by atoms with Crippen molar-refractivity contribution in [2.45, 2.75) is 6.18 Å². The molecule has 0 fully saturated rings. The molecule has 1 aromatic heterocycles. The van der Waals surface area contributed by atoms with E-state index in [9.17, 15) is 18.0 Å². The summed E-state index contributed by atoms with van der Waals surface area (Å²) < 4.78 is 45.7. The summed E-state index contributed by atoms with van der Waals surface area (Å²) in [5.74, 6) is 5.20. The van der Waals surface area contributed by atoms with Crippen LogP contribution in [0.25, 0.3) is 11.3 Å². The minimum atomic E-state index is -4.49. The highest BCUT2D eigenvalue weighted by Gasteiger charge is 2.32. The summed E-state index contributed by atoms with van der Waals surface area (Å²) >= 11 is 0. The molecule has 1 heterocycles. The lowest BCUT2D eigenvalue weighted by Gasteiger charge is -2.08. The van der Waals surface area contributed by atoms with Crippen LogP contribution in [0.3, 0.4) is 0 Å². The maximum atomic E-state index is 13.0. The summed E-state index contributed by atoms with van der Waals surface area (Å²) in [6.45, 7) is -0.111. The Balaban J connectivity index is 1.72. The normalized spacial score (nSPS) is 10.8. The highest BCUT2D eigenvalue weighted by atomic mass is 19.4. The Labute approximate surface area is 171 Å². The van der Waals surface area contributed by atoms with Crippen molar-refractivity contribution < 1.29 is 22.7 Å². The predicted octanol–water partition coefficient (Wildman–Crippen LogP) is 3.90. The van der Waals surface area contributed by atoms with Gasteiger partial charge in [-0.15, -0.1) is 0 Å². The molecule has 3 aromatic rings. The standard InChI is InChI=1S/C22H18F3N3O2/c1-28-19(14-18(27-28)16-10-4-6-12-20(16)30-2)21(29)26-13-7-9-15-8-3-5-11-17(15)22(23,24)25/h3-6,8,10-12,14H,13H2,1-2H3,(H,26,29). The summed E-state index contributed by atoms with van der Waals surface area (Å²) in [5, 5.41) is 6.92. The van der Waals surface area contributed by atoms with Crippen molar-refractivity contribution in [1.82, 2.24) is 15.1 Å². The summed E-state index contributed by atoms with van der Waals surface area (Å²) in [6, 6.07) is 13.9. The van der Waals surface area contributed by atoms with Crippen molar-refractivity contribution >= 4 is 5.91 Å². The SMILES string of the molecule is COc1ccccc1-c1cc(C(=O)NCC#Cc2ccccc2C(F)(F)F)n(C)n1. The Hall–Kier alpha value is -3.73. The molecule has 0 bridgehead atoms. The van der Waals surface area contributed by atoms with Crippen LogP contribution < -0.4 is 10.1 Å². The number of methoxy groups -OCH3 is 1. The van der Waals surface area contributed by atoms with Gasteiger partial charge in [-0.3, -0.25) is 9.48 Å². The van der Waals surface area contributed by atoms with Crippen LogP contribution in [0.15, 0.2) is 54.6 Å². The number of rotatable bonds is 4. The van der Waals surface area contributed by atoms with E-state index in [0.29, 0.717) is 11.4 Å². The lowest BCUT2D eigenvalue weighted by atomic mass is 10.1. The monoisotopic (exact) mass is 413 g/mol. The van der Waals surface area contributed by atoms with Gasteiger partial charge in [0.25, 0.3) is 5.91 Å². The summed E-state index contributed by atoms with van der Waals surface area (Å²) in [5.41, 5.74) is 0.632. The first-order valence-electron chi connectivity index (χ1n) is 8.92. The number of alkyl halides is 3. The van der Waals surface area contributed by atoms with Crippen LogP contribution in [0.1, 0.15) is 21.6 Å². The smallest absolute Gasteiger partial charge is 0.417 e. The Morgan fingerprint density at radius 3 is 2.60 bits per heavy atom. The molecular weight excluding hydrogens is 395 g/mol. The zero-order valence-electron chi connectivity index (χ0n) is 16.2. The molecule has 3 rings (SSSR count). The summed E-state index contributed by atoms with van der Waals surface area (Å²) in [4.78, 5) is 12.5. The lowest BCUT2D eigenvalue weighted by Crippen LogP contribution is -2.25. The van der Waals surface area contributed by atoms with Crippen LogP contribution in [0.5, 0.6) is 5.75 Å². The molecule has 5 nitrogen and oxygen atoms in total. The van der Waals surface area contributed by atoms with E-state index in [1.807, 2.05) is 18.2 Å².